The van der Waals surface area contributed by atoms with Crippen LogP contribution in [-0.2, 0) is 0 Å². The van der Waals surface area contributed by atoms with Crippen molar-refractivity contribution in [1.82, 2.24) is 15.4 Å². The molecule has 0 saturated carbocycles. The number of nitrogens with zero attached hydrogens (tertiary/aromatic N) is 3. The first-order chi connectivity index (χ1) is 9.15. The van der Waals surface area contributed by atoms with E-state index >= 15 is 0 Å². The molecular formula is C11H10ClFN6. The molecule has 0 aliphatic rings. The van der Waals surface area contributed by atoms with Crippen molar-refractivity contribution in [3.63, 3.8) is 0 Å². The van der Waals surface area contributed by atoms with E-state index in [0.717, 1.165) is 0 Å². The summed E-state index contributed by atoms with van der Waals surface area (Å²) in [5, 5.41) is 3.46. The molecule has 8 heteroatoms. The number of benzene rings is 1. The van der Waals surface area contributed by atoms with Gasteiger partial charge in [0, 0.05) is 5.56 Å². The Hall–Kier alpha value is -2.25. The summed E-state index contributed by atoms with van der Waals surface area (Å²) in [6.07, 6.45) is 1.32. The van der Waals surface area contributed by atoms with Gasteiger partial charge in [0.2, 0.25) is 0 Å². The fourth-order valence-corrected chi connectivity index (χ4v) is 1.66. The lowest BCUT2D eigenvalue weighted by Crippen LogP contribution is -2.32. The van der Waals surface area contributed by atoms with Gasteiger partial charge in [-0.15, -0.1) is 0 Å². The second kappa shape index (κ2) is 5.59. The molecule has 1 aromatic carbocycles. The van der Waals surface area contributed by atoms with Crippen molar-refractivity contribution in [2.75, 3.05) is 0 Å². The number of nitrogens with one attached hydrogen (secondary N) is 1. The van der Waals surface area contributed by atoms with Crippen LogP contribution in [0.25, 0.3) is 11.3 Å². The molecule has 0 radical (unpaired) electrons. The highest BCUT2D eigenvalue weighted by Crippen LogP contribution is 2.23. The van der Waals surface area contributed by atoms with Gasteiger partial charge in [-0.2, -0.15) is 5.10 Å². The van der Waals surface area contributed by atoms with Crippen LogP contribution in [0.5, 0.6) is 0 Å². The Morgan fingerprint density at radius 2 is 2.11 bits per heavy atom. The summed E-state index contributed by atoms with van der Waals surface area (Å²) in [5.41, 5.74) is 3.92. The lowest BCUT2D eigenvalue weighted by molar-refractivity contribution is 0.628. The average molecular weight is 281 g/mol. The molecule has 19 heavy (non-hydrogen) atoms. The Morgan fingerprint density at radius 1 is 1.32 bits per heavy atom. The second-order valence-electron chi connectivity index (χ2n) is 3.54. The van der Waals surface area contributed by atoms with Gasteiger partial charge in [-0.1, -0.05) is 11.6 Å². The second-order valence-corrected chi connectivity index (χ2v) is 3.95. The zero-order chi connectivity index (χ0) is 13.8. The van der Waals surface area contributed by atoms with E-state index in [-0.39, 0.29) is 10.9 Å². The maximum Gasteiger partial charge on any atom is 0.185 e. The van der Waals surface area contributed by atoms with E-state index in [1.54, 1.807) is 12.1 Å². The third-order valence-corrected chi connectivity index (χ3v) is 2.68. The van der Waals surface area contributed by atoms with Gasteiger partial charge in [0.15, 0.2) is 5.84 Å². The first-order valence-electron chi connectivity index (χ1n) is 5.18. The number of amidine groups is 1. The van der Waals surface area contributed by atoms with Gasteiger partial charge in [-0.05, 0) is 24.3 Å². The number of hydrazone groups is 1. The predicted molar refractivity (Wildman–Crippen MR) is 70.5 cm³/mol. The SMILES string of the molecule is NN=C(NN)c1cc(-c2ccc(F)c(Cl)c2)ncn1. The zero-order valence-electron chi connectivity index (χ0n) is 9.64. The summed E-state index contributed by atoms with van der Waals surface area (Å²) in [7, 11) is 0. The first-order valence-corrected chi connectivity index (χ1v) is 5.56. The number of hydrogen-bond acceptors (Lipinski definition) is 5. The van der Waals surface area contributed by atoms with Crippen LogP contribution in [0.2, 0.25) is 5.02 Å². The average Bonchev–Trinajstić information content (AvgIpc) is 2.44. The smallest absolute Gasteiger partial charge is 0.185 e. The lowest BCUT2D eigenvalue weighted by Gasteiger charge is -2.06. The minimum Gasteiger partial charge on any atom is -0.321 e. The van der Waals surface area contributed by atoms with Crippen molar-refractivity contribution in [1.29, 1.82) is 0 Å². The number of aromatic nitrogens is 2. The molecule has 0 aliphatic heterocycles. The molecule has 2 rings (SSSR count). The largest absolute Gasteiger partial charge is 0.321 e. The molecule has 6 nitrogen and oxygen atoms in total. The topological polar surface area (TPSA) is 102 Å². The maximum absolute atomic E-state index is 13.1. The van der Waals surface area contributed by atoms with E-state index in [0.29, 0.717) is 17.0 Å². The zero-order valence-corrected chi connectivity index (χ0v) is 10.4. The van der Waals surface area contributed by atoms with Gasteiger partial charge in [0.1, 0.15) is 17.8 Å². The highest BCUT2D eigenvalue weighted by atomic mass is 35.5. The number of halogens is 2. The third kappa shape index (κ3) is 2.78. The normalized spacial score (nSPS) is 11.4. The molecule has 2 aromatic rings. The molecule has 0 spiro atoms. The van der Waals surface area contributed by atoms with Crippen molar-refractivity contribution in [3.8, 4) is 11.3 Å². The quantitative estimate of drug-likeness (QED) is 0.330. The molecular weight excluding hydrogens is 271 g/mol. The lowest BCUT2D eigenvalue weighted by atomic mass is 10.1. The van der Waals surface area contributed by atoms with Gasteiger partial charge in [0.25, 0.3) is 0 Å². The Kier molecular flexibility index (Phi) is 3.88. The molecule has 0 atom stereocenters. The Labute approximate surface area is 113 Å². The molecule has 0 aliphatic carbocycles. The van der Waals surface area contributed by atoms with Gasteiger partial charge in [-0.25, -0.2) is 20.2 Å². The van der Waals surface area contributed by atoms with E-state index in [1.165, 1.54) is 18.5 Å². The number of nitrogens with two attached hydrogens (primary N) is 2. The van der Waals surface area contributed by atoms with E-state index in [2.05, 4.69) is 20.5 Å². The summed E-state index contributed by atoms with van der Waals surface area (Å²) in [5.74, 6) is 10.1. The first kappa shape index (κ1) is 13.2. The van der Waals surface area contributed by atoms with Crippen molar-refractivity contribution in [3.05, 3.63) is 47.1 Å². The Bertz CT molecular complexity index is 630. The van der Waals surface area contributed by atoms with Crippen LogP contribution in [0, 0.1) is 5.82 Å². The molecule has 1 heterocycles. The monoisotopic (exact) mass is 280 g/mol. The summed E-state index contributed by atoms with van der Waals surface area (Å²) in [4.78, 5) is 8.05. The van der Waals surface area contributed by atoms with Gasteiger partial charge < -0.3 is 11.3 Å². The van der Waals surface area contributed by atoms with Gasteiger partial charge in [-0.3, -0.25) is 0 Å². The molecule has 0 saturated heterocycles. The van der Waals surface area contributed by atoms with Gasteiger partial charge in [0.05, 0.1) is 10.7 Å². The van der Waals surface area contributed by atoms with Crippen molar-refractivity contribution in [2.45, 2.75) is 0 Å². The van der Waals surface area contributed by atoms with Gasteiger partial charge >= 0.3 is 0 Å². The molecule has 0 bridgehead atoms. The van der Waals surface area contributed by atoms with E-state index in [1.807, 2.05) is 0 Å². The number of hydrazine groups is 1. The minimum absolute atomic E-state index is 0.0160. The molecule has 0 unspecified atom stereocenters. The Balaban J connectivity index is 2.46. The third-order valence-electron chi connectivity index (χ3n) is 2.39. The summed E-state index contributed by atoms with van der Waals surface area (Å²) in [6, 6.07) is 5.90. The maximum atomic E-state index is 13.1. The summed E-state index contributed by atoms with van der Waals surface area (Å²) >= 11 is 5.73. The molecule has 98 valence electrons. The highest BCUT2D eigenvalue weighted by Gasteiger charge is 2.08. The van der Waals surface area contributed by atoms with Crippen LogP contribution >= 0.6 is 11.6 Å². The van der Waals surface area contributed by atoms with Crippen LogP contribution in [0.1, 0.15) is 5.69 Å². The van der Waals surface area contributed by atoms with Crippen LogP contribution in [-0.4, -0.2) is 15.8 Å². The van der Waals surface area contributed by atoms with Crippen molar-refractivity contribution in [2.24, 2.45) is 16.8 Å². The number of rotatable bonds is 2. The summed E-state index contributed by atoms with van der Waals surface area (Å²) in [6.45, 7) is 0. The van der Waals surface area contributed by atoms with E-state index in [4.69, 9.17) is 23.3 Å². The Morgan fingerprint density at radius 3 is 2.74 bits per heavy atom. The van der Waals surface area contributed by atoms with Crippen LogP contribution in [0.3, 0.4) is 0 Å². The van der Waals surface area contributed by atoms with E-state index in [9.17, 15) is 4.39 Å². The van der Waals surface area contributed by atoms with Crippen LogP contribution < -0.4 is 17.1 Å². The molecule has 0 fully saturated rings. The predicted octanol–water partition coefficient (Wildman–Crippen LogP) is 1.02. The number of hydrogen-bond donors (Lipinski definition) is 3. The fourth-order valence-electron chi connectivity index (χ4n) is 1.48. The van der Waals surface area contributed by atoms with Crippen molar-refractivity contribution < 1.29 is 4.39 Å². The van der Waals surface area contributed by atoms with E-state index < -0.39 is 5.82 Å². The minimum atomic E-state index is -0.493. The molecule has 1 aromatic heterocycles. The van der Waals surface area contributed by atoms with Crippen LogP contribution in [0.4, 0.5) is 4.39 Å². The standard InChI is InChI=1S/C11H10ClFN6/c12-7-3-6(1-2-8(7)13)9-4-10(17-5-16-9)11(18-14)19-15/h1-5H,14-15H2,(H,18,19). The molecule has 0 amide bonds. The van der Waals surface area contributed by atoms with Crippen molar-refractivity contribution >= 4 is 17.4 Å². The fraction of sp³-hybridized carbons (Fsp3) is 0. The summed E-state index contributed by atoms with van der Waals surface area (Å²) < 4.78 is 13.1. The highest BCUT2D eigenvalue weighted by molar-refractivity contribution is 6.31. The molecule has 5 N–H and O–H groups in total. The van der Waals surface area contributed by atoms with Crippen LogP contribution in [0.15, 0.2) is 35.7 Å².